The zero-order valence-corrected chi connectivity index (χ0v) is 12.1. The van der Waals surface area contributed by atoms with Gasteiger partial charge in [0.15, 0.2) is 0 Å². The van der Waals surface area contributed by atoms with Gasteiger partial charge in [-0.15, -0.1) is 0 Å². The van der Waals surface area contributed by atoms with E-state index < -0.39 is 13.0 Å². The second-order valence-electron chi connectivity index (χ2n) is 4.18. The van der Waals surface area contributed by atoms with E-state index in [2.05, 4.69) is 5.32 Å². The Morgan fingerprint density at radius 1 is 1.32 bits per heavy atom. The van der Waals surface area contributed by atoms with Crippen LogP contribution in [0, 0.1) is 0 Å². The van der Waals surface area contributed by atoms with Gasteiger partial charge in [-0.05, 0) is 37.6 Å². The van der Waals surface area contributed by atoms with Crippen LogP contribution >= 0.6 is 23.2 Å². The van der Waals surface area contributed by atoms with Gasteiger partial charge in [0.25, 0.3) is 6.43 Å². The topological polar surface area (TPSA) is 21.3 Å². The second kappa shape index (κ2) is 8.69. The Kier molecular flexibility index (Phi) is 7.61. The molecule has 0 amide bonds. The van der Waals surface area contributed by atoms with Crippen LogP contribution in [0.5, 0.6) is 0 Å². The number of halogens is 4. The molecule has 0 bridgehead atoms. The highest BCUT2D eigenvalue weighted by molar-refractivity contribution is 6.35. The maximum absolute atomic E-state index is 11.9. The molecule has 1 aromatic rings. The first kappa shape index (κ1) is 16.6. The normalized spacial score (nSPS) is 12.9. The van der Waals surface area contributed by atoms with Gasteiger partial charge in [-0.1, -0.05) is 29.3 Å². The van der Waals surface area contributed by atoms with Gasteiger partial charge in [-0.25, -0.2) is 8.78 Å². The number of ether oxygens (including phenoxy) is 1. The predicted molar refractivity (Wildman–Crippen MR) is 74.5 cm³/mol. The number of hydrogen-bond acceptors (Lipinski definition) is 2. The molecule has 1 rings (SSSR count). The van der Waals surface area contributed by atoms with Crippen molar-refractivity contribution in [1.29, 1.82) is 0 Å². The first-order valence-electron chi connectivity index (χ1n) is 6.00. The van der Waals surface area contributed by atoms with Gasteiger partial charge in [0.1, 0.15) is 6.61 Å². The highest BCUT2D eigenvalue weighted by Crippen LogP contribution is 2.22. The fourth-order valence-electron chi connectivity index (χ4n) is 1.70. The van der Waals surface area contributed by atoms with E-state index in [0.29, 0.717) is 29.5 Å². The van der Waals surface area contributed by atoms with Crippen molar-refractivity contribution in [3.63, 3.8) is 0 Å². The summed E-state index contributed by atoms with van der Waals surface area (Å²) in [5, 5.41) is 4.33. The average Bonchev–Trinajstić information content (AvgIpc) is 2.35. The maximum Gasteiger partial charge on any atom is 0.261 e. The Morgan fingerprint density at radius 3 is 2.63 bits per heavy atom. The van der Waals surface area contributed by atoms with E-state index in [1.807, 2.05) is 13.1 Å². The molecule has 0 aliphatic carbocycles. The molecule has 0 heterocycles. The summed E-state index contributed by atoms with van der Waals surface area (Å²) < 4.78 is 28.7. The molecule has 19 heavy (non-hydrogen) atoms. The molecule has 108 valence electrons. The van der Waals surface area contributed by atoms with Crippen LogP contribution in [-0.2, 0) is 11.2 Å². The SMILES string of the molecule is CNC(CCOCC(F)F)Cc1ccc(Cl)cc1Cl. The largest absolute Gasteiger partial charge is 0.375 e. The summed E-state index contributed by atoms with van der Waals surface area (Å²) in [5.41, 5.74) is 0.972. The summed E-state index contributed by atoms with van der Waals surface area (Å²) in [5.74, 6) is 0. The lowest BCUT2D eigenvalue weighted by Crippen LogP contribution is -2.29. The molecule has 1 atom stereocenters. The van der Waals surface area contributed by atoms with Crippen LogP contribution in [0.1, 0.15) is 12.0 Å². The van der Waals surface area contributed by atoms with Gasteiger partial charge in [0.05, 0.1) is 0 Å². The third kappa shape index (κ3) is 6.52. The van der Waals surface area contributed by atoms with Crippen molar-refractivity contribution in [2.24, 2.45) is 0 Å². The van der Waals surface area contributed by atoms with Crippen LogP contribution in [0.15, 0.2) is 18.2 Å². The Hall–Kier alpha value is -0.420. The lowest BCUT2D eigenvalue weighted by atomic mass is 10.0. The number of alkyl halides is 2. The fourth-order valence-corrected chi connectivity index (χ4v) is 2.18. The van der Waals surface area contributed by atoms with E-state index in [4.69, 9.17) is 27.9 Å². The molecule has 0 aromatic heterocycles. The molecule has 0 fully saturated rings. The van der Waals surface area contributed by atoms with Gasteiger partial charge < -0.3 is 10.1 Å². The van der Waals surface area contributed by atoms with Crippen LogP contribution in [0.4, 0.5) is 8.78 Å². The Labute approximate surface area is 122 Å². The summed E-state index contributed by atoms with van der Waals surface area (Å²) in [7, 11) is 1.82. The van der Waals surface area contributed by atoms with Crippen molar-refractivity contribution in [2.45, 2.75) is 25.3 Å². The van der Waals surface area contributed by atoms with Crippen molar-refractivity contribution in [3.05, 3.63) is 33.8 Å². The summed E-state index contributed by atoms with van der Waals surface area (Å²) in [6.07, 6.45) is -1.08. The van der Waals surface area contributed by atoms with Crippen molar-refractivity contribution in [2.75, 3.05) is 20.3 Å². The Bertz CT molecular complexity index is 391. The molecular weight excluding hydrogens is 295 g/mol. The average molecular weight is 312 g/mol. The van der Waals surface area contributed by atoms with Gasteiger partial charge in [0.2, 0.25) is 0 Å². The van der Waals surface area contributed by atoms with Crippen molar-refractivity contribution < 1.29 is 13.5 Å². The predicted octanol–water partition coefficient (Wildman–Crippen LogP) is 3.80. The molecule has 0 spiro atoms. The quantitative estimate of drug-likeness (QED) is 0.737. The van der Waals surface area contributed by atoms with E-state index in [-0.39, 0.29) is 6.04 Å². The lowest BCUT2D eigenvalue weighted by Gasteiger charge is -2.17. The van der Waals surface area contributed by atoms with Crippen molar-refractivity contribution in [3.8, 4) is 0 Å². The summed E-state index contributed by atoms with van der Waals surface area (Å²) in [4.78, 5) is 0. The molecule has 1 unspecified atom stereocenters. The fraction of sp³-hybridized carbons (Fsp3) is 0.538. The molecular formula is C13H17Cl2F2NO. The van der Waals surface area contributed by atoms with Gasteiger partial charge in [-0.2, -0.15) is 0 Å². The smallest absolute Gasteiger partial charge is 0.261 e. The third-order valence-electron chi connectivity index (χ3n) is 2.74. The first-order chi connectivity index (χ1) is 9.02. The van der Waals surface area contributed by atoms with Crippen molar-refractivity contribution >= 4 is 23.2 Å². The van der Waals surface area contributed by atoms with E-state index in [1.54, 1.807) is 12.1 Å². The molecule has 6 heteroatoms. The van der Waals surface area contributed by atoms with E-state index in [1.165, 1.54) is 0 Å². The molecule has 1 N–H and O–H groups in total. The molecule has 0 radical (unpaired) electrons. The van der Waals surface area contributed by atoms with E-state index in [9.17, 15) is 8.78 Å². The molecule has 0 aliphatic heterocycles. The molecule has 0 saturated heterocycles. The van der Waals surface area contributed by atoms with Crippen LogP contribution in [0.2, 0.25) is 10.0 Å². The van der Waals surface area contributed by atoms with Crippen LogP contribution in [0.25, 0.3) is 0 Å². The lowest BCUT2D eigenvalue weighted by molar-refractivity contribution is 0.0146. The minimum atomic E-state index is -2.42. The maximum atomic E-state index is 11.9. The third-order valence-corrected chi connectivity index (χ3v) is 3.33. The minimum Gasteiger partial charge on any atom is -0.375 e. The van der Waals surface area contributed by atoms with Crippen LogP contribution < -0.4 is 5.32 Å². The molecule has 1 aromatic carbocycles. The number of likely N-dealkylation sites (N-methyl/N-ethyl adjacent to an activating group) is 1. The second-order valence-corrected chi connectivity index (χ2v) is 5.02. The summed E-state index contributed by atoms with van der Waals surface area (Å²) in [6, 6.07) is 5.47. The van der Waals surface area contributed by atoms with Crippen LogP contribution in [-0.4, -0.2) is 32.7 Å². The van der Waals surface area contributed by atoms with Crippen LogP contribution in [0.3, 0.4) is 0 Å². The molecule has 0 aliphatic rings. The monoisotopic (exact) mass is 311 g/mol. The van der Waals surface area contributed by atoms with Gasteiger partial charge in [-0.3, -0.25) is 0 Å². The minimum absolute atomic E-state index is 0.122. The highest BCUT2D eigenvalue weighted by atomic mass is 35.5. The molecule has 0 saturated carbocycles. The number of rotatable bonds is 8. The van der Waals surface area contributed by atoms with Gasteiger partial charge >= 0.3 is 0 Å². The standard InChI is InChI=1S/C13H17Cl2F2NO/c1-18-11(4-5-19-8-13(16)17)6-9-2-3-10(14)7-12(9)15/h2-3,7,11,13,18H,4-6,8H2,1H3. The number of benzene rings is 1. The molecule has 2 nitrogen and oxygen atoms in total. The number of nitrogens with one attached hydrogen (secondary N) is 1. The van der Waals surface area contributed by atoms with E-state index >= 15 is 0 Å². The highest BCUT2D eigenvalue weighted by Gasteiger charge is 2.11. The Balaban J connectivity index is 2.43. The zero-order chi connectivity index (χ0) is 14.3. The number of hydrogen-bond donors (Lipinski definition) is 1. The Morgan fingerprint density at radius 2 is 2.05 bits per heavy atom. The van der Waals surface area contributed by atoms with E-state index in [0.717, 1.165) is 5.56 Å². The summed E-state index contributed by atoms with van der Waals surface area (Å²) in [6.45, 7) is -0.223. The van der Waals surface area contributed by atoms with Gasteiger partial charge in [0, 0.05) is 22.7 Å². The zero-order valence-electron chi connectivity index (χ0n) is 10.6. The first-order valence-corrected chi connectivity index (χ1v) is 6.75. The summed E-state index contributed by atoms with van der Waals surface area (Å²) >= 11 is 11.9. The van der Waals surface area contributed by atoms with Crippen molar-refractivity contribution in [1.82, 2.24) is 5.32 Å².